The van der Waals surface area contributed by atoms with Gasteiger partial charge in [-0.1, -0.05) is 39.0 Å². The molecule has 2 N–H and O–H groups in total. The molecule has 1 heterocycles. The summed E-state index contributed by atoms with van der Waals surface area (Å²) in [4.78, 5) is 38.3. The Bertz CT molecular complexity index is 629. The lowest BCUT2D eigenvalue weighted by Gasteiger charge is -2.35. The molecule has 0 bridgehead atoms. The number of hydrogen-bond donors (Lipinski definition) is 2. The number of carbonyl (C=O) groups excluding carboxylic acids is 3. The van der Waals surface area contributed by atoms with Crippen molar-refractivity contribution in [2.45, 2.75) is 33.6 Å². The largest absolute Gasteiger partial charge is 0.354 e. The van der Waals surface area contributed by atoms with E-state index in [-0.39, 0.29) is 29.1 Å². The Morgan fingerprint density at radius 1 is 1.00 bits per heavy atom. The number of nitrogens with zero attached hydrogens (tertiary/aromatic N) is 1. The number of amides is 3. The van der Waals surface area contributed by atoms with Crippen molar-refractivity contribution in [3.8, 4) is 0 Å². The van der Waals surface area contributed by atoms with Gasteiger partial charge in [0.2, 0.25) is 11.8 Å². The van der Waals surface area contributed by atoms with Crippen molar-refractivity contribution >= 4 is 17.7 Å². The van der Waals surface area contributed by atoms with Crippen LogP contribution in [0.4, 0.5) is 0 Å². The van der Waals surface area contributed by atoms with E-state index in [0.29, 0.717) is 44.6 Å². The number of hydrogen-bond acceptors (Lipinski definition) is 3. The number of likely N-dealkylation sites (tertiary alicyclic amines) is 1. The van der Waals surface area contributed by atoms with Crippen molar-refractivity contribution < 1.29 is 14.4 Å². The van der Waals surface area contributed by atoms with Crippen LogP contribution in [0.25, 0.3) is 0 Å². The first-order chi connectivity index (χ1) is 12.3. The maximum Gasteiger partial charge on any atom is 0.251 e. The molecule has 1 aliphatic rings. The molecule has 0 unspecified atom stereocenters. The third kappa shape index (κ3) is 5.58. The van der Waals surface area contributed by atoms with Crippen LogP contribution in [0.3, 0.4) is 0 Å². The van der Waals surface area contributed by atoms with Gasteiger partial charge in [-0.15, -0.1) is 0 Å². The molecule has 6 nitrogen and oxygen atoms in total. The van der Waals surface area contributed by atoms with E-state index in [0.717, 1.165) is 0 Å². The van der Waals surface area contributed by atoms with Crippen LogP contribution in [0.5, 0.6) is 0 Å². The molecule has 1 aromatic rings. The summed E-state index contributed by atoms with van der Waals surface area (Å²) in [7, 11) is 0. The number of carbonyl (C=O) groups is 3. The average molecular weight is 359 g/mol. The van der Waals surface area contributed by atoms with Crippen LogP contribution < -0.4 is 10.6 Å². The lowest BCUT2D eigenvalue weighted by molar-refractivity contribution is -0.142. The first kappa shape index (κ1) is 19.9. The lowest BCUT2D eigenvalue weighted by Crippen LogP contribution is -2.47. The molecule has 0 aromatic heterocycles. The van der Waals surface area contributed by atoms with Gasteiger partial charge in [0.25, 0.3) is 5.91 Å². The van der Waals surface area contributed by atoms with Crippen molar-refractivity contribution in [1.29, 1.82) is 0 Å². The van der Waals surface area contributed by atoms with E-state index in [4.69, 9.17) is 0 Å². The highest BCUT2D eigenvalue weighted by molar-refractivity contribution is 5.94. The topological polar surface area (TPSA) is 78.5 Å². The first-order valence-corrected chi connectivity index (χ1v) is 9.19. The molecule has 0 spiro atoms. The van der Waals surface area contributed by atoms with Crippen molar-refractivity contribution in [3.05, 3.63) is 35.9 Å². The minimum atomic E-state index is -0.383. The van der Waals surface area contributed by atoms with Crippen LogP contribution in [-0.2, 0) is 9.59 Å². The zero-order chi connectivity index (χ0) is 19.2. The predicted molar refractivity (Wildman–Crippen MR) is 101 cm³/mol. The van der Waals surface area contributed by atoms with Gasteiger partial charge in [-0.2, -0.15) is 0 Å². The number of benzene rings is 1. The molecule has 26 heavy (non-hydrogen) atoms. The quantitative estimate of drug-likeness (QED) is 0.787. The van der Waals surface area contributed by atoms with E-state index in [9.17, 15) is 14.4 Å². The minimum Gasteiger partial charge on any atom is -0.354 e. The molecule has 1 aliphatic heterocycles. The Morgan fingerprint density at radius 3 is 2.15 bits per heavy atom. The van der Waals surface area contributed by atoms with Gasteiger partial charge in [0.15, 0.2) is 0 Å². The molecule has 0 atom stereocenters. The molecule has 1 fully saturated rings. The molecule has 1 saturated heterocycles. The van der Waals surface area contributed by atoms with E-state index < -0.39 is 0 Å². The third-order valence-electron chi connectivity index (χ3n) is 4.54. The zero-order valence-corrected chi connectivity index (χ0v) is 15.9. The zero-order valence-electron chi connectivity index (χ0n) is 15.9. The summed E-state index contributed by atoms with van der Waals surface area (Å²) >= 11 is 0. The molecule has 1 aromatic carbocycles. The van der Waals surface area contributed by atoms with E-state index >= 15 is 0 Å². The number of piperidine rings is 1. The molecule has 142 valence electrons. The summed E-state index contributed by atoms with van der Waals surface area (Å²) in [5.74, 6) is -0.0699. The Kier molecular flexibility index (Phi) is 6.77. The van der Waals surface area contributed by atoms with Gasteiger partial charge in [-0.25, -0.2) is 0 Å². The van der Waals surface area contributed by atoms with Gasteiger partial charge in [-0.3, -0.25) is 14.4 Å². The maximum absolute atomic E-state index is 12.3. The van der Waals surface area contributed by atoms with E-state index in [1.165, 1.54) is 0 Å². The summed E-state index contributed by atoms with van der Waals surface area (Å²) in [6, 6.07) is 8.99. The Hall–Kier alpha value is -2.37. The van der Waals surface area contributed by atoms with Crippen molar-refractivity contribution in [2.24, 2.45) is 11.3 Å². The van der Waals surface area contributed by atoms with Gasteiger partial charge in [0.05, 0.1) is 0 Å². The van der Waals surface area contributed by atoms with Crippen LogP contribution in [0.15, 0.2) is 30.3 Å². The van der Waals surface area contributed by atoms with Gasteiger partial charge in [0, 0.05) is 43.1 Å². The Balaban J connectivity index is 1.66. The van der Waals surface area contributed by atoms with Gasteiger partial charge < -0.3 is 15.5 Å². The second kappa shape index (κ2) is 8.83. The SMILES string of the molecule is CC(C)(C)C(=O)N1CCC(C(=O)NCCNC(=O)c2ccccc2)CC1. The predicted octanol–water partition coefficient (Wildman–Crippen LogP) is 1.82. The lowest BCUT2D eigenvalue weighted by atomic mass is 9.91. The summed E-state index contributed by atoms with van der Waals surface area (Å²) in [6.45, 7) is 7.78. The fourth-order valence-electron chi connectivity index (χ4n) is 3.02. The van der Waals surface area contributed by atoms with Crippen LogP contribution >= 0.6 is 0 Å². The van der Waals surface area contributed by atoms with Crippen molar-refractivity contribution in [1.82, 2.24) is 15.5 Å². The van der Waals surface area contributed by atoms with Crippen LogP contribution in [0.2, 0.25) is 0 Å². The van der Waals surface area contributed by atoms with E-state index in [2.05, 4.69) is 10.6 Å². The number of nitrogens with one attached hydrogen (secondary N) is 2. The van der Waals surface area contributed by atoms with E-state index in [1.54, 1.807) is 12.1 Å². The van der Waals surface area contributed by atoms with E-state index in [1.807, 2.05) is 43.9 Å². The van der Waals surface area contributed by atoms with Gasteiger partial charge >= 0.3 is 0 Å². The van der Waals surface area contributed by atoms with Crippen molar-refractivity contribution in [3.63, 3.8) is 0 Å². The molecule has 0 radical (unpaired) electrons. The van der Waals surface area contributed by atoms with Crippen LogP contribution in [0.1, 0.15) is 44.0 Å². The second-order valence-corrected chi connectivity index (χ2v) is 7.73. The molecule has 0 aliphatic carbocycles. The summed E-state index contributed by atoms with van der Waals surface area (Å²) in [6.07, 6.45) is 1.37. The molecular formula is C20H29N3O3. The normalized spacial score (nSPS) is 15.4. The molecule has 2 rings (SSSR count). The summed E-state index contributed by atoms with van der Waals surface area (Å²) in [5, 5.41) is 5.67. The van der Waals surface area contributed by atoms with Crippen molar-refractivity contribution in [2.75, 3.05) is 26.2 Å². The maximum atomic E-state index is 12.3. The molecular weight excluding hydrogens is 330 g/mol. The first-order valence-electron chi connectivity index (χ1n) is 9.19. The second-order valence-electron chi connectivity index (χ2n) is 7.73. The highest BCUT2D eigenvalue weighted by Crippen LogP contribution is 2.23. The van der Waals surface area contributed by atoms with Gasteiger partial charge in [-0.05, 0) is 25.0 Å². The third-order valence-corrected chi connectivity index (χ3v) is 4.54. The van der Waals surface area contributed by atoms with Gasteiger partial charge in [0.1, 0.15) is 0 Å². The molecule has 0 saturated carbocycles. The fraction of sp³-hybridized carbons (Fsp3) is 0.550. The number of rotatable bonds is 5. The smallest absolute Gasteiger partial charge is 0.251 e. The standard InChI is InChI=1S/C20H29N3O3/c1-20(2,3)19(26)23-13-9-16(10-14-23)18(25)22-12-11-21-17(24)15-7-5-4-6-8-15/h4-8,16H,9-14H2,1-3H3,(H,21,24)(H,22,25). The highest BCUT2D eigenvalue weighted by Gasteiger charge is 2.32. The van der Waals surface area contributed by atoms with Crippen LogP contribution in [-0.4, -0.2) is 48.8 Å². The highest BCUT2D eigenvalue weighted by atomic mass is 16.2. The fourth-order valence-corrected chi connectivity index (χ4v) is 3.02. The summed E-state index contributed by atoms with van der Waals surface area (Å²) in [5.41, 5.74) is 0.223. The molecule has 6 heteroatoms. The minimum absolute atomic E-state index is 0.00168. The Labute approximate surface area is 155 Å². The summed E-state index contributed by atoms with van der Waals surface area (Å²) < 4.78 is 0. The average Bonchev–Trinajstić information content (AvgIpc) is 2.64. The van der Waals surface area contributed by atoms with Crippen LogP contribution in [0, 0.1) is 11.3 Å². The Morgan fingerprint density at radius 2 is 1.58 bits per heavy atom. The monoisotopic (exact) mass is 359 g/mol. The molecule has 3 amide bonds.